The second-order valence-electron chi connectivity index (χ2n) is 10.4. The summed E-state index contributed by atoms with van der Waals surface area (Å²) >= 11 is 14.6. The standard InChI is InChI=1S/C23H34Cl2/c1-15-11-17(19(3,4)5)13-22(15,24)21(9,10)23(25)14-18(12-16(23)2)20(6,7)8/h11-14H,1-10H3. The van der Waals surface area contributed by atoms with Crippen molar-refractivity contribution >= 4 is 23.2 Å². The van der Waals surface area contributed by atoms with Crippen LogP contribution in [-0.4, -0.2) is 9.75 Å². The van der Waals surface area contributed by atoms with Crippen molar-refractivity contribution < 1.29 is 0 Å². The lowest BCUT2D eigenvalue weighted by atomic mass is 9.64. The fourth-order valence-corrected chi connectivity index (χ4v) is 4.58. The molecule has 0 radical (unpaired) electrons. The summed E-state index contributed by atoms with van der Waals surface area (Å²) in [5.74, 6) is 0. The van der Waals surface area contributed by atoms with E-state index in [-0.39, 0.29) is 16.2 Å². The summed E-state index contributed by atoms with van der Waals surface area (Å²) in [4.78, 5) is -1.20. The maximum absolute atomic E-state index is 7.32. The molecule has 25 heavy (non-hydrogen) atoms. The van der Waals surface area contributed by atoms with Gasteiger partial charge in [-0.15, -0.1) is 23.2 Å². The quantitative estimate of drug-likeness (QED) is 0.428. The highest BCUT2D eigenvalue weighted by atomic mass is 35.5. The molecule has 0 aliphatic heterocycles. The SMILES string of the molecule is CC1=CC(C(C)(C)C)=CC1(Cl)C(C)(C)C1(Cl)C=C(C(C)(C)C)C=C1C. The first kappa shape index (κ1) is 20.8. The molecule has 0 bridgehead atoms. The van der Waals surface area contributed by atoms with Crippen molar-refractivity contribution in [3.05, 3.63) is 46.6 Å². The summed E-state index contributed by atoms with van der Waals surface area (Å²) in [5.41, 5.74) is 4.68. The van der Waals surface area contributed by atoms with Gasteiger partial charge in [-0.1, -0.05) is 79.7 Å². The minimum Gasteiger partial charge on any atom is -0.109 e. The van der Waals surface area contributed by atoms with E-state index in [0.717, 1.165) is 0 Å². The molecule has 2 atom stereocenters. The molecule has 0 saturated heterocycles. The van der Waals surface area contributed by atoms with Crippen LogP contribution in [0.4, 0.5) is 0 Å². The van der Waals surface area contributed by atoms with Crippen molar-refractivity contribution in [1.29, 1.82) is 0 Å². The van der Waals surface area contributed by atoms with Gasteiger partial charge in [-0.05, 0) is 47.0 Å². The molecule has 2 aliphatic carbocycles. The van der Waals surface area contributed by atoms with Crippen LogP contribution in [0.15, 0.2) is 46.6 Å². The van der Waals surface area contributed by atoms with E-state index in [9.17, 15) is 0 Å². The summed E-state index contributed by atoms with van der Waals surface area (Å²) in [6, 6.07) is 0. The molecule has 0 fully saturated rings. The number of rotatable bonds is 2. The van der Waals surface area contributed by atoms with Crippen LogP contribution in [0, 0.1) is 16.2 Å². The summed E-state index contributed by atoms with van der Waals surface area (Å²) in [5, 5.41) is 0. The Kier molecular flexibility index (Phi) is 4.81. The van der Waals surface area contributed by atoms with Crippen LogP contribution in [0.5, 0.6) is 0 Å². The van der Waals surface area contributed by atoms with Crippen molar-refractivity contribution in [2.24, 2.45) is 16.2 Å². The lowest BCUT2D eigenvalue weighted by Gasteiger charge is -2.49. The number of hydrogen-bond donors (Lipinski definition) is 0. The molecule has 0 aromatic heterocycles. The average Bonchev–Trinajstić information content (AvgIpc) is 2.90. The van der Waals surface area contributed by atoms with Gasteiger partial charge < -0.3 is 0 Å². The zero-order valence-corrected chi connectivity index (χ0v) is 19.1. The minimum atomic E-state index is -0.601. The van der Waals surface area contributed by atoms with Gasteiger partial charge in [0.15, 0.2) is 0 Å². The maximum atomic E-state index is 7.32. The summed E-state index contributed by atoms with van der Waals surface area (Å²) in [6.07, 6.45) is 8.98. The van der Waals surface area contributed by atoms with Gasteiger partial charge in [0, 0.05) is 5.41 Å². The van der Waals surface area contributed by atoms with Crippen molar-refractivity contribution in [3.8, 4) is 0 Å². The lowest BCUT2D eigenvalue weighted by molar-refractivity contribution is 0.273. The highest BCUT2D eigenvalue weighted by Crippen LogP contribution is 2.61. The van der Waals surface area contributed by atoms with Crippen molar-refractivity contribution in [1.82, 2.24) is 0 Å². The van der Waals surface area contributed by atoms with E-state index in [0.29, 0.717) is 0 Å². The third-order valence-corrected chi connectivity index (χ3v) is 7.91. The van der Waals surface area contributed by atoms with E-state index in [1.807, 2.05) is 0 Å². The average molecular weight is 381 g/mol. The van der Waals surface area contributed by atoms with Gasteiger partial charge in [0.1, 0.15) is 0 Å². The van der Waals surface area contributed by atoms with E-state index in [4.69, 9.17) is 23.2 Å². The van der Waals surface area contributed by atoms with Gasteiger partial charge >= 0.3 is 0 Å². The van der Waals surface area contributed by atoms with Crippen LogP contribution >= 0.6 is 23.2 Å². The Bertz CT molecular complexity index is 641. The van der Waals surface area contributed by atoms with E-state index < -0.39 is 9.75 Å². The molecule has 0 aromatic rings. The number of allylic oxidation sites excluding steroid dienone is 8. The normalized spacial score (nSPS) is 30.9. The van der Waals surface area contributed by atoms with Gasteiger partial charge in [0.25, 0.3) is 0 Å². The van der Waals surface area contributed by atoms with Crippen LogP contribution in [-0.2, 0) is 0 Å². The van der Waals surface area contributed by atoms with Crippen LogP contribution in [0.2, 0.25) is 0 Å². The zero-order chi connectivity index (χ0) is 19.6. The highest BCUT2D eigenvalue weighted by molar-refractivity contribution is 6.32. The molecule has 140 valence electrons. The second-order valence-corrected chi connectivity index (χ2v) is 11.6. The highest BCUT2D eigenvalue weighted by Gasteiger charge is 2.58. The molecule has 0 spiro atoms. The molecule has 0 saturated carbocycles. The number of halogens is 2. The van der Waals surface area contributed by atoms with E-state index >= 15 is 0 Å². The molecule has 2 unspecified atom stereocenters. The number of hydrogen-bond acceptors (Lipinski definition) is 0. The van der Waals surface area contributed by atoms with E-state index in [1.165, 1.54) is 22.3 Å². The van der Waals surface area contributed by atoms with Gasteiger partial charge in [0.05, 0.1) is 9.75 Å². The molecule has 0 N–H and O–H groups in total. The first-order chi connectivity index (χ1) is 11.0. The third-order valence-electron chi connectivity index (χ3n) is 6.15. The van der Waals surface area contributed by atoms with Gasteiger partial charge in [-0.2, -0.15) is 0 Å². The topological polar surface area (TPSA) is 0 Å². The Morgan fingerprint density at radius 3 is 1.12 bits per heavy atom. The smallest absolute Gasteiger partial charge is 0.0915 e. The van der Waals surface area contributed by atoms with Crippen molar-refractivity contribution in [2.45, 2.75) is 79.0 Å². The first-order valence-electron chi connectivity index (χ1n) is 9.19. The molecule has 2 heteroatoms. The molecular weight excluding hydrogens is 347 g/mol. The van der Waals surface area contributed by atoms with Crippen LogP contribution in [0.1, 0.15) is 69.2 Å². The Morgan fingerprint density at radius 1 is 0.640 bits per heavy atom. The molecule has 0 amide bonds. The minimum absolute atomic E-state index is 0.0699. The Hall–Kier alpha value is -0.460. The maximum Gasteiger partial charge on any atom is 0.0915 e. The summed E-state index contributed by atoms with van der Waals surface area (Å²) in [7, 11) is 0. The molecular formula is C23H34Cl2. The van der Waals surface area contributed by atoms with Crippen LogP contribution in [0.25, 0.3) is 0 Å². The summed E-state index contributed by atoms with van der Waals surface area (Å²) < 4.78 is 0. The van der Waals surface area contributed by atoms with E-state index in [2.05, 4.69) is 93.5 Å². The Balaban J connectivity index is 2.60. The Morgan fingerprint density at radius 2 is 0.920 bits per heavy atom. The fraction of sp³-hybridized carbons (Fsp3) is 0.652. The van der Waals surface area contributed by atoms with Gasteiger partial charge in [0.2, 0.25) is 0 Å². The predicted molar refractivity (Wildman–Crippen MR) is 114 cm³/mol. The number of alkyl halides is 2. The molecule has 2 rings (SSSR count). The predicted octanol–water partition coefficient (Wildman–Crippen LogP) is 7.83. The molecule has 0 heterocycles. The zero-order valence-electron chi connectivity index (χ0n) is 17.6. The largest absolute Gasteiger partial charge is 0.109 e. The van der Waals surface area contributed by atoms with Crippen LogP contribution in [0.3, 0.4) is 0 Å². The summed E-state index contributed by atoms with van der Waals surface area (Å²) in [6.45, 7) is 22.0. The van der Waals surface area contributed by atoms with Gasteiger partial charge in [-0.25, -0.2) is 0 Å². The first-order valence-corrected chi connectivity index (χ1v) is 9.94. The van der Waals surface area contributed by atoms with Gasteiger partial charge in [-0.3, -0.25) is 0 Å². The second kappa shape index (κ2) is 5.77. The van der Waals surface area contributed by atoms with Crippen molar-refractivity contribution in [2.75, 3.05) is 0 Å². The third kappa shape index (κ3) is 3.08. The Labute approximate surface area is 165 Å². The fourth-order valence-electron chi connectivity index (χ4n) is 3.89. The van der Waals surface area contributed by atoms with Crippen LogP contribution < -0.4 is 0 Å². The molecule has 0 nitrogen and oxygen atoms in total. The molecule has 2 aliphatic rings. The van der Waals surface area contributed by atoms with E-state index in [1.54, 1.807) is 0 Å². The lowest BCUT2D eigenvalue weighted by Crippen LogP contribution is -2.51. The molecule has 0 aromatic carbocycles. The van der Waals surface area contributed by atoms with Crippen molar-refractivity contribution in [3.63, 3.8) is 0 Å². The monoisotopic (exact) mass is 380 g/mol.